The van der Waals surface area contributed by atoms with Gasteiger partial charge in [-0.3, -0.25) is 0 Å². The van der Waals surface area contributed by atoms with Crippen molar-refractivity contribution in [1.29, 1.82) is 0 Å². The largest absolute Gasteiger partial charge is 0.493 e. The Labute approximate surface area is 120 Å². The average molecular weight is 294 g/mol. The third-order valence-corrected chi connectivity index (χ3v) is 2.62. The SMILES string of the molecule is COc1cc(C(=O)O)cc(OC)c1OCc1nc(C)no1. The van der Waals surface area contributed by atoms with Gasteiger partial charge in [0.15, 0.2) is 23.9 Å². The molecular formula is C13H14N2O6. The topological polar surface area (TPSA) is 104 Å². The van der Waals surface area contributed by atoms with Crippen molar-refractivity contribution in [3.63, 3.8) is 0 Å². The number of hydrogen-bond acceptors (Lipinski definition) is 7. The first-order valence-electron chi connectivity index (χ1n) is 5.96. The third kappa shape index (κ3) is 3.22. The van der Waals surface area contributed by atoms with Gasteiger partial charge in [-0.05, 0) is 19.1 Å². The van der Waals surface area contributed by atoms with Crippen molar-refractivity contribution < 1.29 is 28.6 Å². The van der Waals surface area contributed by atoms with Crippen LogP contribution in [0, 0.1) is 6.92 Å². The maximum absolute atomic E-state index is 11.0. The molecule has 0 aliphatic heterocycles. The zero-order valence-electron chi connectivity index (χ0n) is 11.7. The number of benzene rings is 1. The number of methoxy groups -OCH3 is 2. The van der Waals surface area contributed by atoms with Gasteiger partial charge in [0.25, 0.3) is 5.89 Å². The van der Waals surface area contributed by atoms with Gasteiger partial charge in [0.05, 0.1) is 19.8 Å². The Hall–Kier alpha value is -2.77. The maximum atomic E-state index is 11.0. The van der Waals surface area contributed by atoms with E-state index in [9.17, 15) is 4.79 Å². The lowest BCUT2D eigenvalue weighted by molar-refractivity contribution is 0.0696. The minimum Gasteiger partial charge on any atom is -0.493 e. The predicted molar refractivity (Wildman–Crippen MR) is 69.9 cm³/mol. The number of aromatic carboxylic acids is 1. The molecule has 0 fully saturated rings. The summed E-state index contributed by atoms with van der Waals surface area (Å²) in [5.41, 5.74) is 0.0321. The molecule has 1 heterocycles. The summed E-state index contributed by atoms with van der Waals surface area (Å²) in [5.74, 6) is 0.435. The summed E-state index contributed by atoms with van der Waals surface area (Å²) in [6, 6.07) is 2.69. The van der Waals surface area contributed by atoms with E-state index in [1.54, 1.807) is 6.92 Å². The highest BCUT2D eigenvalue weighted by Gasteiger charge is 2.18. The molecule has 1 aromatic carbocycles. The number of carbonyl (C=O) groups is 1. The monoisotopic (exact) mass is 294 g/mol. The van der Waals surface area contributed by atoms with E-state index < -0.39 is 5.97 Å². The van der Waals surface area contributed by atoms with Gasteiger partial charge in [0.2, 0.25) is 5.75 Å². The van der Waals surface area contributed by atoms with Gasteiger partial charge in [-0.1, -0.05) is 5.16 Å². The molecule has 1 aromatic heterocycles. The van der Waals surface area contributed by atoms with Crippen LogP contribution in [-0.2, 0) is 6.61 Å². The quantitative estimate of drug-likeness (QED) is 0.858. The summed E-state index contributed by atoms with van der Waals surface area (Å²) in [6.45, 7) is 1.70. The summed E-state index contributed by atoms with van der Waals surface area (Å²) in [4.78, 5) is 15.0. The van der Waals surface area contributed by atoms with Crippen molar-refractivity contribution >= 4 is 5.97 Å². The molecule has 0 spiro atoms. The Morgan fingerprint density at radius 1 is 1.29 bits per heavy atom. The number of aryl methyl sites for hydroxylation is 1. The zero-order valence-corrected chi connectivity index (χ0v) is 11.7. The molecule has 0 amide bonds. The first kappa shape index (κ1) is 14.6. The van der Waals surface area contributed by atoms with Gasteiger partial charge in [0.1, 0.15) is 0 Å². The van der Waals surface area contributed by atoms with Crippen LogP contribution in [0.3, 0.4) is 0 Å². The molecule has 1 N–H and O–H groups in total. The van der Waals surface area contributed by atoms with Gasteiger partial charge < -0.3 is 23.8 Å². The third-order valence-electron chi connectivity index (χ3n) is 2.62. The fourth-order valence-corrected chi connectivity index (χ4v) is 1.68. The molecule has 8 nitrogen and oxygen atoms in total. The molecule has 21 heavy (non-hydrogen) atoms. The molecule has 0 radical (unpaired) electrons. The molecular weight excluding hydrogens is 280 g/mol. The molecule has 0 bridgehead atoms. The maximum Gasteiger partial charge on any atom is 0.335 e. The summed E-state index contributed by atoms with van der Waals surface area (Å²) >= 11 is 0. The molecule has 0 unspecified atom stereocenters. The first-order valence-corrected chi connectivity index (χ1v) is 5.96. The van der Waals surface area contributed by atoms with E-state index in [0.29, 0.717) is 11.7 Å². The molecule has 0 saturated carbocycles. The highest BCUT2D eigenvalue weighted by molar-refractivity contribution is 5.89. The summed E-state index contributed by atoms with van der Waals surface area (Å²) in [5, 5.41) is 12.7. The lowest BCUT2D eigenvalue weighted by atomic mass is 10.2. The van der Waals surface area contributed by atoms with Crippen LogP contribution in [0.2, 0.25) is 0 Å². The van der Waals surface area contributed by atoms with Crippen LogP contribution in [0.1, 0.15) is 22.1 Å². The number of nitrogens with zero attached hydrogens (tertiary/aromatic N) is 2. The van der Waals surface area contributed by atoms with Gasteiger partial charge in [-0.15, -0.1) is 0 Å². The van der Waals surface area contributed by atoms with Gasteiger partial charge in [0, 0.05) is 0 Å². The lowest BCUT2D eigenvalue weighted by Crippen LogP contribution is -2.04. The predicted octanol–water partition coefficient (Wildman–Crippen LogP) is 1.67. The number of aromatic nitrogens is 2. The minimum atomic E-state index is -1.09. The summed E-state index contributed by atoms with van der Waals surface area (Å²) in [6.07, 6.45) is 0. The van der Waals surface area contributed by atoms with Crippen LogP contribution < -0.4 is 14.2 Å². The van der Waals surface area contributed by atoms with Crippen molar-refractivity contribution in [2.24, 2.45) is 0 Å². The number of carboxylic acid groups (broad SMARTS) is 1. The van der Waals surface area contributed by atoms with Crippen molar-refractivity contribution in [3.8, 4) is 17.2 Å². The van der Waals surface area contributed by atoms with E-state index in [-0.39, 0.29) is 29.4 Å². The molecule has 0 atom stereocenters. The second-order valence-corrected chi connectivity index (χ2v) is 4.04. The Bertz CT molecular complexity index is 627. The van der Waals surface area contributed by atoms with E-state index in [1.165, 1.54) is 26.4 Å². The van der Waals surface area contributed by atoms with Crippen molar-refractivity contribution in [1.82, 2.24) is 10.1 Å². The second kappa shape index (κ2) is 6.12. The van der Waals surface area contributed by atoms with Gasteiger partial charge >= 0.3 is 5.97 Å². The lowest BCUT2D eigenvalue weighted by Gasteiger charge is -2.14. The molecule has 2 aromatic rings. The van der Waals surface area contributed by atoms with Crippen LogP contribution in [0.5, 0.6) is 17.2 Å². The van der Waals surface area contributed by atoms with E-state index in [1.807, 2.05) is 0 Å². The average Bonchev–Trinajstić information content (AvgIpc) is 2.89. The Morgan fingerprint density at radius 2 is 1.90 bits per heavy atom. The number of rotatable bonds is 6. The zero-order chi connectivity index (χ0) is 15.4. The normalized spacial score (nSPS) is 10.2. The van der Waals surface area contributed by atoms with Crippen molar-refractivity contribution in [2.75, 3.05) is 14.2 Å². The Morgan fingerprint density at radius 3 is 2.33 bits per heavy atom. The van der Waals surface area contributed by atoms with Crippen LogP contribution in [-0.4, -0.2) is 35.4 Å². The van der Waals surface area contributed by atoms with E-state index in [0.717, 1.165) is 0 Å². The van der Waals surface area contributed by atoms with Gasteiger partial charge in [-0.2, -0.15) is 4.98 Å². The van der Waals surface area contributed by atoms with Crippen LogP contribution in [0.15, 0.2) is 16.7 Å². The Kier molecular flexibility index (Phi) is 4.27. The van der Waals surface area contributed by atoms with E-state index in [2.05, 4.69) is 10.1 Å². The number of carboxylic acids is 1. The smallest absolute Gasteiger partial charge is 0.335 e. The van der Waals surface area contributed by atoms with Crippen LogP contribution in [0.4, 0.5) is 0 Å². The fraction of sp³-hybridized carbons (Fsp3) is 0.308. The Balaban J connectivity index is 2.30. The summed E-state index contributed by atoms with van der Waals surface area (Å²) in [7, 11) is 2.81. The fourth-order valence-electron chi connectivity index (χ4n) is 1.68. The highest BCUT2D eigenvalue weighted by atomic mass is 16.5. The molecule has 0 aliphatic carbocycles. The molecule has 8 heteroatoms. The summed E-state index contributed by atoms with van der Waals surface area (Å²) < 4.78 is 20.8. The number of ether oxygens (including phenoxy) is 3. The molecule has 112 valence electrons. The van der Waals surface area contributed by atoms with E-state index >= 15 is 0 Å². The molecule has 0 saturated heterocycles. The minimum absolute atomic E-state index is 0.0139. The molecule has 0 aliphatic rings. The highest BCUT2D eigenvalue weighted by Crippen LogP contribution is 2.39. The molecule has 2 rings (SSSR count). The number of hydrogen-bond donors (Lipinski definition) is 1. The van der Waals surface area contributed by atoms with Crippen molar-refractivity contribution in [3.05, 3.63) is 29.4 Å². The van der Waals surface area contributed by atoms with Crippen LogP contribution >= 0.6 is 0 Å². The van der Waals surface area contributed by atoms with Gasteiger partial charge in [-0.25, -0.2) is 4.79 Å². The van der Waals surface area contributed by atoms with E-state index in [4.69, 9.17) is 23.8 Å². The second-order valence-electron chi connectivity index (χ2n) is 4.04. The first-order chi connectivity index (χ1) is 10.0. The van der Waals surface area contributed by atoms with Crippen molar-refractivity contribution in [2.45, 2.75) is 13.5 Å². The standard InChI is InChI=1S/C13H14N2O6/c1-7-14-11(21-15-7)6-20-12-9(18-2)4-8(13(16)17)5-10(12)19-3/h4-5H,6H2,1-3H3,(H,16,17). The van der Waals surface area contributed by atoms with Crippen LogP contribution in [0.25, 0.3) is 0 Å².